The molecule has 1 fully saturated rings. The van der Waals surface area contributed by atoms with Crippen molar-refractivity contribution in [3.63, 3.8) is 0 Å². The van der Waals surface area contributed by atoms with Crippen LogP contribution in [0, 0.1) is 16.0 Å². The standard InChI is InChI=1S/C16H18N4O4S2/c1-12-5-9-19(10-6-12)26(23,24)13-3-4-15(14(11-13)20(21)22)25-16-17-7-2-8-18-16/h2-4,7-8,11-12H,5-6,9-10H2,1H3. The van der Waals surface area contributed by atoms with Crippen LogP contribution in [0.3, 0.4) is 0 Å². The zero-order chi connectivity index (χ0) is 18.7. The van der Waals surface area contributed by atoms with Gasteiger partial charge in [0.05, 0.1) is 14.7 Å². The molecular weight excluding hydrogens is 376 g/mol. The smallest absolute Gasteiger partial charge is 0.258 e. The first-order valence-corrected chi connectivity index (χ1v) is 10.4. The van der Waals surface area contributed by atoms with Gasteiger partial charge in [0.1, 0.15) is 0 Å². The first-order chi connectivity index (χ1) is 12.4. The van der Waals surface area contributed by atoms with E-state index in [1.807, 2.05) is 0 Å². The van der Waals surface area contributed by atoms with Crippen molar-refractivity contribution >= 4 is 27.5 Å². The lowest BCUT2D eigenvalue weighted by molar-refractivity contribution is -0.388. The quantitative estimate of drug-likeness (QED) is 0.436. The minimum absolute atomic E-state index is 0.0583. The number of piperidine rings is 1. The molecule has 10 heteroatoms. The summed E-state index contributed by atoms with van der Waals surface area (Å²) in [5.74, 6) is 0.487. The molecule has 0 amide bonds. The highest BCUT2D eigenvalue weighted by Gasteiger charge is 2.30. The predicted octanol–water partition coefficient (Wildman–Crippen LogP) is 2.96. The summed E-state index contributed by atoms with van der Waals surface area (Å²) >= 11 is 1.03. The van der Waals surface area contributed by atoms with Crippen molar-refractivity contribution in [1.29, 1.82) is 0 Å². The zero-order valence-corrected chi connectivity index (χ0v) is 15.7. The maximum absolute atomic E-state index is 12.8. The molecule has 3 rings (SSSR count). The van der Waals surface area contributed by atoms with E-state index in [1.54, 1.807) is 6.07 Å². The van der Waals surface area contributed by atoms with Crippen LogP contribution in [0.1, 0.15) is 19.8 Å². The summed E-state index contributed by atoms with van der Waals surface area (Å²) in [5, 5.41) is 11.8. The van der Waals surface area contributed by atoms with E-state index in [-0.39, 0.29) is 10.6 Å². The maximum Gasteiger partial charge on any atom is 0.284 e. The van der Waals surface area contributed by atoms with Crippen LogP contribution >= 0.6 is 11.8 Å². The molecule has 1 aliphatic heterocycles. The number of aromatic nitrogens is 2. The van der Waals surface area contributed by atoms with Gasteiger partial charge in [0.15, 0.2) is 5.16 Å². The minimum Gasteiger partial charge on any atom is -0.258 e. The van der Waals surface area contributed by atoms with Gasteiger partial charge in [-0.1, -0.05) is 6.92 Å². The Morgan fingerprint density at radius 2 is 1.88 bits per heavy atom. The summed E-state index contributed by atoms with van der Waals surface area (Å²) < 4.78 is 27.0. The number of nitro benzene ring substituents is 1. The molecule has 0 N–H and O–H groups in total. The van der Waals surface area contributed by atoms with Gasteiger partial charge >= 0.3 is 0 Å². The van der Waals surface area contributed by atoms with Crippen molar-refractivity contribution in [2.75, 3.05) is 13.1 Å². The first-order valence-electron chi connectivity index (χ1n) is 8.11. The molecule has 2 aromatic rings. The lowest BCUT2D eigenvalue weighted by atomic mass is 10.0. The monoisotopic (exact) mass is 394 g/mol. The average Bonchev–Trinajstić information content (AvgIpc) is 2.63. The molecule has 0 spiro atoms. The van der Waals surface area contributed by atoms with E-state index in [4.69, 9.17) is 0 Å². The third-order valence-electron chi connectivity index (χ3n) is 4.25. The molecule has 0 bridgehead atoms. The SMILES string of the molecule is CC1CCN(S(=O)(=O)c2ccc(Sc3ncccn3)c([N+](=O)[O-])c2)CC1. The Morgan fingerprint density at radius 1 is 1.23 bits per heavy atom. The third kappa shape index (κ3) is 4.02. The second kappa shape index (κ2) is 7.68. The Morgan fingerprint density at radius 3 is 2.50 bits per heavy atom. The lowest BCUT2D eigenvalue weighted by Crippen LogP contribution is -2.37. The molecular formula is C16H18N4O4S2. The van der Waals surface area contributed by atoms with Crippen LogP contribution < -0.4 is 0 Å². The minimum atomic E-state index is -3.74. The largest absolute Gasteiger partial charge is 0.284 e. The zero-order valence-electron chi connectivity index (χ0n) is 14.1. The number of nitro groups is 1. The fourth-order valence-corrected chi connectivity index (χ4v) is 4.99. The van der Waals surface area contributed by atoms with Crippen LogP contribution in [0.2, 0.25) is 0 Å². The number of rotatable bonds is 5. The molecule has 1 aromatic heterocycles. The fourth-order valence-electron chi connectivity index (χ4n) is 2.70. The number of benzene rings is 1. The molecule has 0 radical (unpaired) electrons. The normalized spacial score (nSPS) is 16.5. The van der Waals surface area contributed by atoms with E-state index in [0.29, 0.717) is 29.1 Å². The number of hydrogen-bond donors (Lipinski definition) is 0. The van der Waals surface area contributed by atoms with Crippen LogP contribution in [0.5, 0.6) is 0 Å². The van der Waals surface area contributed by atoms with Crippen molar-refractivity contribution in [2.24, 2.45) is 5.92 Å². The molecule has 8 nitrogen and oxygen atoms in total. The molecule has 1 saturated heterocycles. The second-order valence-electron chi connectivity index (χ2n) is 6.11. The van der Waals surface area contributed by atoms with Crippen LogP contribution in [0.4, 0.5) is 5.69 Å². The van der Waals surface area contributed by atoms with Crippen molar-refractivity contribution < 1.29 is 13.3 Å². The van der Waals surface area contributed by atoms with E-state index >= 15 is 0 Å². The predicted molar refractivity (Wildman–Crippen MR) is 96.4 cm³/mol. The average molecular weight is 394 g/mol. The van der Waals surface area contributed by atoms with Crippen LogP contribution in [-0.4, -0.2) is 40.7 Å². The number of sulfonamides is 1. The van der Waals surface area contributed by atoms with Gasteiger partial charge in [0, 0.05) is 31.5 Å². The molecule has 26 heavy (non-hydrogen) atoms. The van der Waals surface area contributed by atoms with Gasteiger partial charge in [0.25, 0.3) is 5.69 Å². The molecule has 1 aliphatic rings. The van der Waals surface area contributed by atoms with Gasteiger partial charge in [-0.15, -0.1) is 0 Å². The molecule has 2 heterocycles. The Bertz CT molecular complexity index is 898. The molecule has 0 unspecified atom stereocenters. The van der Waals surface area contributed by atoms with Crippen molar-refractivity contribution in [3.8, 4) is 0 Å². The maximum atomic E-state index is 12.8. The summed E-state index contributed by atoms with van der Waals surface area (Å²) in [4.78, 5) is 19.2. The Labute approximate surface area is 155 Å². The number of hydrogen-bond acceptors (Lipinski definition) is 7. The highest BCUT2D eigenvalue weighted by Crippen LogP contribution is 2.35. The topological polar surface area (TPSA) is 106 Å². The summed E-state index contributed by atoms with van der Waals surface area (Å²) in [6.07, 6.45) is 4.66. The van der Waals surface area contributed by atoms with E-state index in [1.165, 1.54) is 28.8 Å². The van der Waals surface area contributed by atoms with Gasteiger partial charge in [-0.2, -0.15) is 4.31 Å². The fraction of sp³-hybridized carbons (Fsp3) is 0.375. The van der Waals surface area contributed by atoms with E-state index < -0.39 is 14.9 Å². The van der Waals surface area contributed by atoms with Gasteiger partial charge in [-0.25, -0.2) is 18.4 Å². The van der Waals surface area contributed by atoms with E-state index in [0.717, 1.165) is 30.7 Å². The molecule has 0 aliphatic carbocycles. The van der Waals surface area contributed by atoms with Gasteiger partial charge in [0.2, 0.25) is 10.0 Å². The summed E-state index contributed by atoms with van der Waals surface area (Å²) in [6, 6.07) is 5.62. The van der Waals surface area contributed by atoms with Crippen molar-refractivity contribution in [3.05, 3.63) is 46.8 Å². The second-order valence-corrected chi connectivity index (χ2v) is 9.05. The Hall–Kier alpha value is -2.04. The first kappa shape index (κ1) is 18.7. The summed E-state index contributed by atoms with van der Waals surface area (Å²) in [5.41, 5.74) is -0.270. The van der Waals surface area contributed by atoms with Crippen LogP contribution in [0.25, 0.3) is 0 Å². The van der Waals surface area contributed by atoms with Crippen molar-refractivity contribution in [1.82, 2.24) is 14.3 Å². The highest BCUT2D eigenvalue weighted by molar-refractivity contribution is 7.99. The third-order valence-corrected chi connectivity index (χ3v) is 7.10. The lowest BCUT2D eigenvalue weighted by Gasteiger charge is -2.29. The Balaban J connectivity index is 1.92. The molecule has 138 valence electrons. The van der Waals surface area contributed by atoms with Crippen LogP contribution in [-0.2, 0) is 10.0 Å². The summed E-state index contributed by atoms with van der Waals surface area (Å²) in [6.45, 7) is 2.96. The molecule has 1 aromatic carbocycles. The van der Waals surface area contributed by atoms with Gasteiger partial charge in [-0.3, -0.25) is 10.1 Å². The Kier molecular flexibility index (Phi) is 5.54. The van der Waals surface area contributed by atoms with Crippen LogP contribution in [0.15, 0.2) is 51.6 Å². The van der Waals surface area contributed by atoms with Gasteiger partial charge < -0.3 is 0 Å². The van der Waals surface area contributed by atoms with Gasteiger partial charge in [-0.05, 0) is 48.7 Å². The molecule has 0 atom stereocenters. The molecule has 0 saturated carbocycles. The van der Waals surface area contributed by atoms with Crippen molar-refractivity contribution in [2.45, 2.75) is 34.7 Å². The summed E-state index contributed by atoms with van der Waals surface area (Å²) in [7, 11) is -3.74. The highest BCUT2D eigenvalue weighted by atomic mass is 32.2. The number of nitrogens with zero attached hydrogens (tertiary/aromatic N) is 4. The van der Waals surface area contributed by atoms with E-state index in [2.05, 4.69) is 16.9 Å². The van der Waals surface area contributed by atoms with E-state index in [9.17, 15) is 18.5 Å².